The van der Waals surface area contributed by atoms with E-state index in [1.165, 1.54) is 32.7 Å². The summed E-state index contributed by atoms with van der Waals surface area (Å²) in [6.07, 6.45) is 0. The van der Waals surface area contributed by atoms with Crippen molar-refractivity contribution in [1.29, 1.82) is 0 Å². The van der Waals surface area contributed by atoms with Crippen LogP contribution in [0.15, 0.2) is 212 Å². The maximum Gasteiger partial charge on any atom is 0.160 e. The first-order chi connectivity index (χ1) is 28.7. The lowest BCUT2D eigenvalue weighted by atomic mass is 9.91. The van der Waals surface area contributed by atoms with Crippen molar-refractivity contribution >= 4 is 43.2 Å². The molecule has 0 bridgehead atoms. The number of aromatic nitrogens is 3. The lowest BCUT2D eigenvalue weighted by molar-refractivity contribution is 1.18. The Morgan fingerprint density at radius 1 is 0.276 bits per heavy atom. The molecule has 58 heavy (non-hydrogen) atoms. The molecule has 0 aliphatic carbocycles. The van der Waals surface area contributed by atoms with E-state index < -0.39 is 0 Å². The monoisotopic (exact) mass is 737 g/mol. The number of para-hydroxylation sites is 1. The second kappa shape index (κ2) is 14.1. The molecule has 11 rings (SSSR count). The van der Waals surface area contributed by atoms with Crippen molar-refractivity contribution < 1.29 is 0 Å². The van der Waals surface area contributed by atoms with Crippen LogP contribution in [-0.2, 0) is 0 Å². The molecule has 270 valence electrons. The molecule has 11 aromatic rings. The number of fused-ring (bicyclic) bond motifs is 5. The van der Waals surface area contributed by atoms with Crippen molar-refractivity contribution in [2.45, 2.75) is 0 Å². The molecule has 0 radical (unpaired) electrons. The van der Waals surface area contributed by atoms with Crippen molar-refractivity contribution in [2.24, 2.45) is 0 Å². The molecular weight excluding hydrogens is 703 g/mol. The second-order valence-electron chi connectivity index (χ2n) is 14.8. The average Bonchev–Trinajstić information content (AvgIpc) is 3.31. The highest BCUT2D eigenvalue weighted by atomic mass is 14.9. The zero-order valence-corrected chi connectivity index (χ0v) is 31.5. The standard InChI is InChI=1S/C55H35N3/c1-2-14-40(15-3-1)54-49-22-11-21-47(53(49)48-20-8-9-23-50(48)56-54)44-19-10-18-43(32-44)38-24-28-39(29-25-38)51-35-52(45-30-26-36-12-4-6-16-41(36)33-45)58-55(57-51)46-31-27-37-13-5-7-17-42(37)34-46/h1-35H. The van der Waals surface area contributed by atoms with Gasteiger partial charge in [0.05, 0.1) is 22.6 Å². The highest BCUT2D eigenvalue weighted by molar-refractivity contribution is 6.17. The maximum absolute atomic E-state index is 5.19. The number of hydrogen-bond acceptors (Lipinski definition) is 3. The summed E-state index contributed by atoms with van der Waals surface area (Å²) in [6, 6.07) is 75.2. The Labute approximate surface area is 336 Å². The van der Waals surface area contributed by atoms with Gasteiger partial charge in [-0.05, 0) is 74.1 Å². The van der Waals surface area contributed by atoms with Gasteiger partial charge in [-0.2, -0.15) is 0 Å². The van der Waals surface area contributed by atoms with Gasteiger partial charge in [0.1, 0.15) is 0 Å². The van der Waals surface area contributed by atoms with Crippen molar-refractivity contribution in [2.75, 3.05) is 0 Å². The Hall–Kier alpha value is -7.75. The highest BCUT2D eigenvalue weighted by Crippen LogP contribution is 2.40. The van der Waals surface area contributed by atoms with Crippen LogP contribution in [0.4, 0.5) is 0 Å². The molecule has 0 N–H and O–H groups in total. The van der Waals surface area contributed by atoms with Crippen LogP contribution < -0.4 is 0 Å². The summed E-state index contributed by atoms with van der Waals surface area (Å²) in [7, 11) is 0. The van der Waals surface area contributed by atoms with Crippen molar-refractivity contribution in [3.63, 3.8) is 0 Å². The van der Waals surface area contributed by atoms with Gasteiger partial charge in [-0.25, -0.2) is 15.0 Å². The Balaban J connectivity index is 0.999. The fraction of sp³-hybridized carbons (Fsp3) is 0. The van der Waals surface area contributed by atoms with Gasteiger partial charge < -0.3 is 0 Å². The zero-order chi connectivity index (χ0) is 38.4. The Bertz CT molecular complexity index is 3240. The summed E-state index contributed by atoms with van der Waals surface area (Å²) in [5, 5.41) is 8.26. The van der Waals surface area contributed by atoms with E-state index in [1.807, 2.05) is 0 Å². The summed E-state index contributed by atoms with van der Waals surface area (Å²) in [4.78, 5) is 15.5. The van der Waals surface area contributed by atoms with E-state index in [0.29, 0.717) is 5.82 Å². The van der Waals surface area contributed by atoms with E-state index in [0.717, 1.165) is 72.1 Å². The molecule has 0 amide bonds. The second-order valence-corrected chi connectivity index (χ2v) is 14.8. The fourth-order valence-electron chi connectivity index (χ4n) is 8.31. The van der Waals surface area contributed by atoms with Crippen LogP contribution in [0.3, 0.4) is 0 Å². The number of hydrogen-bond donors (Lipinski definition) is 0. The highest BCUT2D eigenvalue weighted by Gasteiger charge is 2.16. The predicted octanol–water partition coefficient (Wildman–Crippen LogP) is 14.5. The van der Waals surface area contributed by atoms with Gasteiger partial charge in [0.15, 0.2) is 5.82 Å². The van der Waals surface area contributed by atoms with Crippen LogP contribution in [0.2, 0.25) is 0 Å². The molecule has 0 saturated carbocycles. The molecule has 0 unspecified atom stereocenters. The van der Waals surface area contributed by atoms with E-state index in [9.17, 15) is 0 Å². The number of nitrogens with zero attached hydrogens (tertiary/aromatic N) is 3. The minimum absolute atomic E-state index is 0.705. The summed E-state index contributed by atoms with van der Waals surface area (Å²) < 4.78 is 0. The molecule has 9 aromatic carbocycles. The van der Waals surface area contributed by atoms with Crippen molar-refractivity contribution in [1.82, 2.24) is 15.0 Å². The Morgan fingerprint density at radius 2 is 0.828 bits per heavy atom. The Morgan fingerprint density at radius 3 is 1.60 bits per heavy atom. The Kier molecular flexibility index (Phi) is 8.15. The summed E-state index contributed by atoms with van der Waals surface area (Å²) in [5.41, 5.74) is 12.6. The van der Waals surface area contributed by atoms with E-state index in [-0.39, 0.29) is 0 Å². The first-order valence-electron chi connectivity index (χ1n) is 19.7. The molecule has 0 atom stereocenters. The van der Waals surface area contributed by atoms with Crippen LogP contribution in [0, 0.1) is 0 Å². The molecular formula is C55H35N3. The lowest BCUT2D eigenvalue weighted by Crippen LogP contribution is -1.96. The molecule has 0 spiro atoms. The smallest absolute Gasteiger partial charge is 0.160 e. The van der Waals surface area contributed by atoms with E-state index >= 15 is 0 Å². The number of pyridine rings is 1. The van der Waals surface area contributed by atoms with E-state index in [4.69, 9.17) is 15.0 Å². The van der Waals surface area contributed by atoms with Crippen LogP contribution >= 0.6 is 0 Å². The molecule has 0 aliphatic rings. The van der Waals surface area contributed by atoms with Gasteiger partial charge in [0.2, 0.25) is 0 Å². The third-order valence-electron chi connectivity index (χ3n) is 11.2. The van der Waals surface area contributed by atoms with Crippen molar-refractivity contribution in [3.05, 3.63) is 212 Å². The summed E-state index contributed by atoms with van der Waals surface area (Å²) >= 11 is 0. The summed E-state index contributed by atoms with van der Waals surface area (Å²) in [6.45, 7) is 0. The van der Waals surface area contributed by atoms with Crippen LogP contribution in [0.1, 0.15) is 0 Å². The molecule has 0 aliphatic heterocycles. The van der Waals surface area contributed by atoms with Gasteiger partial charge in [0.25, 0.3) is 0 Å². The molecule has 0 fully saturated rings. The van der Waals surface area contributed by atoms with Gasteiger partial charge in [0, 0.05) is 38.4 Å². The minimum atomic E-state index is 0.705. The lowest BCUT2D eigenvalue weighted by Gasteiger charge is -2.15. The summed E-state index contributed by atoms with van der Waals surface area (Å²) in [5.74, 6) is 0.705. The molecule has 2 aromatic heterocycles. The quantitative estimate of drug-likeness (QED) is 0.160. The minimum Gasteiger partial charge on any atom is -0.247 e. The molecule has 3 heteroatoms. The largest absolute Gasteiger partial charge is 0.247 e. The van der Waals surface area contributed by atoms with Crippen LogP contribution in [-0.4, -0.2) is 15.0 Å². The van der Waals surface area contributed by atoms with Gasteiger partial charge in [-0.1, -0.05) is 182 Å². The van der Waals surface area contributed by atoms with Crippen LogP contribution in [0.5, 0.6) is 0 Å². The third kappa shape index (κ3) is 6.07. The molecule has 0 saturated heterocycles. The SMILES string of the molecule is c1ccc(-c2nc3ccccc3c3c(-c4cccc(-c5ccc(-c6cc(-c7ccc8ccccc8c7)nc(-c7ccc8ccccc8c7)n6)cc5)c4)cccc23)cc1. The van der Waals surface area contributed by atoms with Crippen LogP contribution in [0.25, 0.3) is 111 Å². The molecule has 3 nitrogen and oxygen atoms in total. The molecule has 2 heterocycles. The average molecular weight is 738 g/mol. The maximum atomic E-state index is 5.19. The van der Waals surface area contributed by atoms with Crippen molar-refractivity contribution in [3.8, 4) is 67.4 Å². The normalized spacial score (nSPS) is 11.4. The fourth-order valence-corrected chi connectivity index (χ4v) is 8.31. The van der Waals surface area contributed by atoms with Gasteiger partial charge in [-0.15, -0.1) is 0 Å². The first kappa shape index (κ1) is 33.6. The third-order valence-corrected chi connectivity index (χ3v) is 11.2. The topological polar surface area (TPSA) is 38.7 Å². The predicted molar refractivity (Wildman–Crippen MR) is 242 cm³/mol. The number of benzene rings is 9. The first-order valence-corrected chi connectivity index (χ1v) is 19.7. The number of rotatable bonds is 6. The van der Waals surface area contributed by atoms with E-state index in [2.05, 4.69) is 212 Å². The van der Waals surface area contributed by atoms with E-state index in [1.54, 1.807) is 0 Å². The van der Waals surface area contributed by atoms with Gasteiger partial charge >= 0.3 is 0 Å². The zero-order valence-electron chi connectivity index (χ0n) is 31.5. The van der Waals surface area contributed by atoms with Gasteiger partial charge in [-0.3, -0.25) is 0 Å².